The lowest BCUT2D eigenvalue weighted by atomic mass is 10.1. The fourth-order valence-corrected chi connectivity index (χ4v) is 2.75. The maximum Gasteiger partial charge on any atom is 0.257 e. The average molecular weight is 255 g/mol. The first-order valence-corrected chi connectivity index (χ1v) is 7.19. The second-order valence-electron chi connectivity index (χ2n) is 4.24. The van der Waals surface area contributed by atoms with Crippen molar-refractivity contribution < 1.29 is 4.79 Å². The molecule has 0 saturated heterocycles. The van der Waals surface area contributed by atoms with Crippen LogP contribution in [-0.4, -0.2) is 46.1 Å². The first kappa shape index (κ1) is 14.1. The van der Waals surface area contributed by atoms with Gasteiger partial charge in [0.25, 0.3) is 5.91 Å². The first-order valence-electron chi connectivity index (χ1n) is 5.80. The topological polar surface area (TPSA) is 49.0 Å². The predicted molar refractivity (Wildman–Crippen MR) is 72.6 cm³/mol. The van der Waals surface area contributed by atoms with Crippen molar-refractivity contribution in [1.29, 1.82) is 0 Å². The maximum absolute atomic E-state index is 12.4. The third-order valence-corrected chi connectivity index (χ3v) is 3.76. The molecule has 1 atom stereocenters. The third-order valence-electron chi connectivity index (χ3n) is 3.04. The third kappa shape index (κ3) is 3.03. The minimum atomic E-state index is 0.0645. The molecule has 0 aliphatic carbocycles. The summed E-state index contributed by atoms with van der Waals surface area (Å²) < 4.78 is 0. The van der Waals surface area contributed by atoms with Gasteiger partial charge in [-0.1, -0.05) is 6.92 Å². The van der Waals surface area contributed by atoms with E-state index in [0.29, 0.717) is 5.56 Å². The van der Waals surface area contributed by atoms with Crippen molar-refractivity contribution >= 4 is 17.7 Å². The average Bonchev–Trinajstić information content (AvgIpc) is 2.64. The van der Waals surface area contributed by atoms with E-state index in [9.17, 15) is 4.79 Å². The quantitative estimate of drug-likeness (QED) is 0.878. The van der Waals surface area contributed by atoms with Crippen LogP contribution in [0.5, 0.6) is 0 Å². The summed E-state index contributed by atoms with van der Waals surface area (Å²) in [6.45, 7) is 5.86. The van der Waals surface area contributed by atoms with E-state index in [4.69, 9.17) is 0 Å². The molecule has 0 fully saturated rings. The number of rotatable bonds is 5. The molecule has 0 aromatic carbocycles. The standard InChI is InChI=1S/C12H21N3OS/c1-6-10(7-17-5)15(4)12(16)11-8(2)13-14-9(11)3/h10H,6-7H2,1-5H3,(H,13,14). The van der Waals surface area contributed by atoms with Crippen molar-refractivity contribution in [2.24, 2.45) is 0 Å². The molecule has 1 unspecified atom stereocenters. The number of carbonyl (C=O) groups excluding carboxylic acids is 1. The van der Waals surface area contributed by atoms with Gasteiger partial charge in [-0.3, -0.25) is 9.89 Å². The highest BCUT2D eigenvalue weighted by molar-refractivity contribution is 7.98. The Morgan fingerprint density at radius 2 is 2.18 bits per heavy atom. The van der Waals surface area contributed by atoms with Crippen LogP contribution < -0.4 is 0 Å². The Kier molecular flexibility index (Phi) is 5.05. The van der Waals surface area contributed by atoms with E-state index >= 15 is 0 Å². The SMILES string of the molecule is CCC(CSC)N(C)C(=O)c1c(C)n[nH]c1C. The van der Waals surface area contributed by atoms with Crippen molar-refractivity contribution in [3.8, 4) is 0 Å². The number of nitrogens with zero attached hydrogens (tertiary/aromatic N) is 2. The maximum atomic E-state index is 12.4. The number of aryl methyl sites for hydroxylation is 2. The van der Waals surface area contributed by atoms with E-state index in [-0.39, 0.29) is 11.9 Å². The number of hydrogen-bond acceptors (Lipinski definition) is 3. The summed E-state index contributed by atoms with van der Waals surface area (Å²) >= 11 is 1.77. The molecule has 0 aliphatic heterocycles. The van der Waals surface area contributed by atoms with Crippen molar-refractivity contribution in [2.45, 2.75) is 33.2 Å². The molecule has 1 aromatic heterocycles. The van der Waals surface area contributed by atoms with Gasteiger partial charge < -0.3 is 4.90 Å². The Balaban J connectivity index is 2.89. The lowest BCUT2D eigenvalue weighted by Crippen LogP contribution is -2.38. The highest BCUT2D eigenvalue weighted by Gasteiger charge is 2.23. The number of thioether (sulfide) groups is 1. The number of aromatic amines is 1. The van der Waals surface area contributed by atoms with Crippen molar-refractivity contribution in [1.82, 2.24) is 15.1 Å². The Morgan fingerprint density at radius 1 is 1.53 bits per heavy atom. The Labute approximate surface area is 107 Å². The molecule has 1 N–H and O–H groups in total. The zero-order chi connectivity index (χ0) is 13.0. The number of H-pyrrole nitrogens is 1. The van der Waals surface area contributed by atoms with E-state index in [1.807, 2.05) is 25.8 Å². The molecule has 0 saturated carbocycles. The van der Waals surface area contributed by atoms with Crippen LogP contribution in [0.25, 0.3) is 0 Å². The van der Waals surface area contributed by atoms with Crippen LogP contribution in [0.15, 0.2) is 0 Å². The molecule has 5 heteroatoms. The highest BCUT2D eigenvalue weighted by Crippen LogP contribution is 2.16. The van der Waals surface area contributed by atoms with Gasteiger partial charge in [0.05, 0.1) is 11.3 Å². The van der Waals surface area contributed by atoms with Gasteiger partial charge in [0.2, 0.25) is 0 Å². The summed E-state index contributed by atoms with van der Waals surface area (Å²) in [5, 5.41) is 6.93. The molecular formula is C12H21N3OS. The van der Waals surface area contributed by atoms with Gasteiger partial charge in [0.15, 0.2) is 0 Å². The summed E-state index contributed by atoms with van der Waals surface area (Å²) in [5.74, 6) is 1.03. The second-order valence-corrected chi connectivity index (χ2v) is 5.15. The van der Waals surface area contributed by atoms with Crippen LogP contribution in [0.3, 0.4) is 0 Å². The first-order chi connectivity index (χ1) is 8.02. The zero-order valence-electron chi connectivity index (χ0n) is 11.2. The number of aromatic nitrogens is 2. The summed E-state index contributed by atoms with van der Waals surface area (Å²) in [6.07, 6.45) is 3.04. The molecule has 0 radical (unpaired) electrons. The monoisotopic (exact) mass is 255 g/mol. The summed E-state index contributed by atoms with van der Waals surface area (Å²) in [4.78, 5) is 14.2. The van der Waals surface area contributed by atoms with E-state index in [0.717, 1.165) is 23.6 Å². The molecule has 0 aliphatic rings. The van der Waals surface area contributed by atoms with Crippen LogP contribution in [0.1, 0.15) is 35.1 Å². The summed E-state index contributed by atoms with van der Waals surface area (Å²) in [7, 11) is 1.87. The van der Waals surface area contributed by atoms with Crippen LogP contribution in [0.4, 0.5) is 0 Å². The molecule has 0 bridgehead atoms. The van der Waals surface area contributed by atoms with Crippen molar-refractivity contribution in [3.05, 3.63) is 17.0 Å². The summed E-state index contributed by atoms with van der Waals surface area (Å²) in [6, 6.07) is 0.284. The predicted octanol–water partition coefficient (Wildman–Crippen LogP) is 2.24. The lowest BCUT2D eigenvalue weighted by molar-refractivity contribution is 0.0742. The lowest BCUT2D eigenvalue weighted by Gasteiger charge is -2.26. The van der Waals surface area contributed by atoms with Crippen molar-refractivity contribution in [2.75, 3.05) is 19.1 Å². The fraction of sp³-hybridized carbons (Fsp3) is 0.667. The Hall–Kier alpha value is -0.970. The van der Waals surface area contributed by atoms with Crippen LogP contribution >= 0.6 is 11.8 Å². The number of hydrogen-bond donors (Lipinski definition) is 1. The minimum Gasteiger partial charge on any atom is -0.338 e. The van der Waals surface area contributed by atoms with Gasteiger partial charge in [0.1, 0.15) is 0 Å². The van der Waals surface area contributed by atoms with E-state index in [2.05, 4.69) is 23.4 Å². The fourth-order valence-electron chi connectivity index (χ4n) is 1.90. The zero-order valence-corrected chi connectivity index (χ0v) is 12.0. The molecule has 0 spiro atoms. The van der Waals surface area contributed by atoms with Gasteiger partial charge in [-0.05, 0) is 26.5 Å². The molecule has 1 amide bonds. The number of carbonyl (C=O) groups is 1. The van der Waals surface area contributed by atoms with Crippen LogP contribution in [0, 0.1) is 13.8 Å². The Bertz CT molecular complexity index is 370. The van der Waals surface area contributed by atoms with Gasteiger partial charge in [0, 0.05) is 24.5 Å². The van der Waals surface area contributed by atoms with E-state index in [1.54, 1.807) is 11.8 Å². The molecule has 1 heterocycles. The molecule has 4 nitrogen and oxygen atoms in total. The molecule has 1 aromatic rings. The van der Waals surface area contributed by atoms with Crippen molar-refractivity contribution in [3.63, 3.8) is 0 Å². The molecular weight excluding hydrogens is 234 g/mol. The normalized spacial score (nSPS) is 12.5. The highest BCUT2D eigenvalue weighted by atomic mass is 32.2. The van der Waals surface area contributed by atoms with Gasteiger partial charge in [-0.15, -0.1) is 0 Å². The number of amides is 1. The van der Waals surface area contributed by atoms with Gasteiger partial charge in [-0.25, -0.2) is 0 Å². The summed E-state index contributed by atoms with van der Waals surface area (Å²) in [5.41, 5.74) is 2.34. The van der Waals surface area contributed by atoms with Gasteiger partial charge in [-0.2, -0.15) is 16.9 Å². The second kappa shape index (κ2) is 6.10. The molecule has 17 heavy (non-hydrogen) atoms. The number of nitrogens with one attached hydrogen (secondary N) is 1. The van der Waals surface area contributed by atoms with E-state index < -0.39 is 0 Å². The van der Waals surface area contributed by atoms with Gasteiger partial charge >= 0.3 is 0 Å². The smallest absolute Gasteiger partial charge is 0.257 e. The van der Waals surface area contributed by atoms with Crippen LogP contribution in [-0.2, 0) is 0 Å². The minimum absolute atomic E-state index is 0.0645. The molecule has 1 rings (SSSR count). The Morgan fingerprint density at radius 3 is 2.59 bits per heavy atom. The van der Waals surface area contributed by atoms with E-state index in [1.165, 1.54) is 0 Å². The largest absolute Gasteiger partial charge is 0.338 e. The van der Waals surface area contributed by atoms with Crippen LogP contribution in [0.2, 0.25) is 0 Å². The molecule has 96 valence electrons.